The number of aromatic hydroxyl groups is 1. The number of phenolic OH excluding ortho intramolecular Hbond substituents is 1. The number of aromatic nitrogens is 2. The average Bonchev–Trinajstić information content (AvgIpc) is 3.50. The van der Waals surface area contributed by atoms with Crippen molar-refractivity contribution in [3.8, 4) is 22.8 Å². The van der Waals surface area contributed by atoms with Crippen molar-refractivity contribution in [3.63, 3.8) is 0 Å². The van der Waals surface area contributed by atoms with Crippen LogP contribution in [-0.4, -0.2) is 69.1 Å². The quantitative estimate of drug-likeness (QED) is 0.386. The lowest BCUT2D eigenvalue weighted by atomic mass is 9.82. The van der Waals surface area contributed by atoms with Crippen LogP contribution in [0.25, 0.3) is 11.3 Å². The molecule has 39 heavy (non-hydrogen) atoms. The number of likely N-dealkylation sites (tertiary alicyclic amines) is 2. The van der Waals surface area contributed by atoms with Crippen LogP contribution in [0.15, 0.2) is 48.7 Å². The zero-order chi connectivity index (χ0) is 27.7. The Labute approximate surface area is 234 Å². The Morgan fingerprint density at radius 2 is 1.95 bits per heavy atom. The van der Waals surface area contributed by atoms with Crippen molar-refractivity contribution < 1.29 is 19.4 Å². The lowest BCUT2D eigenvalue weighted by Gasteiger charge is -2.39. The molecule has 2 aromatic carbocycles. The van der Waals surface area contributed by atoms with Crippen molar-refractivity contribution in [2.45, 2.75) is 58.2 Å². The van der Waals surface area contributed by atoms with Gasteiger partial charge in [-0.2, -0.15) is 5.10 Å². The number of benzene rings is 2. The maximum atomic E-state index is 13.0. The number of amides is 1. The molecule has 0 spiro atoms. The van der Waals surface area contributed by atoms with Gasteiger partial charge in [0, 0.05) is 54.6 Å². The molecule has 1 aromatic heterocycles. The molecule has 2 fully saturated rings. The maximum Gasteiger partial charge on any atom is 0.410 e. The summed E-state index contributed by atoms with van der Waals surface area (Å²) < 4.78 is 11.4. The molecule has 3 atom stereocenters. The van der Waals surface area contributed by atoms with E-state index in [2.05, 4.69) is 15.1 Å². The van der Waals surface area contributed by atoms with Gasteiger partial charge in [0.05, 0.1) is 18.5 Å². The van der Waals surface area contributed by atoms with Crippen LogP contribution in [0.1, 0.15) is 51.2 Å². The van der Waals surface area contributed by atoms with Crippen molar-refractivity contribution in [1.82, 2.24) is 20.0 Å². The second-order valence-electron chi connectivity index (χ2n) is 11.4. The van der Waals surface area contributed by atoms with E-state index in [1.54, 1.807) is 6.07 Å². The molecular weight excluding hydrogens is 516 g/mol. The highest BCUT2D eigenvalue weighted by molar-refractivity contribution is 6.30. The van der Waals surface area contributed by atoms with Crippen molar-refractivity contribution in [1.29, 1.82) is 0 Å². The van der Waals surface area contributed by atoms with Crippen LogP contribution < -0.4 is 4.74 Å². The first-order valence-corrected chi connectivity index (χ1v) is 14.0. The maximum absolute atomic E-state index is 13.0. The molecule has 5 rings (SSSR count). The van der Waals surface area contributed by atoms with Crippen LogP contribution >= 0.6 is 11.6 Å². The van der Waals surface area contributed by atoms with E-state index in [1.165, 1.54) is 0 Å². The summed E-state index contributed by atoms with van der Waals surface area (Å²) in [6, 6.07) is 13.7. The summed E-state index contributed by atoms with van der Waals surface area (Å²) in [6.07, 6.45) is 2.49. The number of halogens is 1. The fraction of sp³-hybridized carbons (Fsp3) is 0.467. The second-order valence-corrected chi connectivity index (χ2v) is 11.9. The molecule has 0 aliphatic carbocycles. The number of nitrogens with zero attached hydrogens (tertiary/aromatic N) is 3. The molecule has 8 nitrogen and oxygen atoms in total. The number of piperidine rings is 1. The van der Waals surface area contributed by atoms with Crippen LogP contribution in [-0.2, 0) is 11.3 Å². The van der Waals surface area contributed by atoms with Crippen LogP contribution in [0, 0.1) is 5.92 Å². The van der Waals surface area contributed by atoms with E-state index in [4.69, 9.17) is 21.1 Å². The van der Waals surface area contributed by atoms with Crippen LogP contribution in [0.5, 0.6) is 11.5 Å². The van der Waals surface area contributed by atoms with Gasteiger partial charge in [-0.1, -0.05) is 29.8 Å². The fourth-order valence-corrected chi connectivity index (χ4v) is 6.04. The number of carbonyl (C=O) groups is 1. The van der Waals surface area contributed by atoms with Crippen LogP contribution in [0.3, 0.4) is 0 Å². The van der Waals surface area contributed by atoms with Crippen LogP contribution in [0.2, 0.25) is 5.02 Å². The molecule has 0 unspecified atom stereocenters. The minimum atomic E-state index is -0.544. The number of phenols is 1. The lowest BCUT2D eigenvalue weighted by molar-refractivity contribution is 0.0105. The first-order valence-electron chi connectivity index (χ1n) is 13.6. The molecule has 3 heterocycles. The summed E-state index contributed by atoms with van der Waals surface area (Å²) in [6.45, 7) is 10.9. The Kier molecular flexibility index (Phi) is 7.78. The number of hydrogen-bond donors (Lipinski definition) is 2. The first-order chi connectivity index (χ1) is 18.6. The van der Waals surface area contributed by atoms with Gasteiger partial charge in [0.15, 0.2) is 11.5 Å². The van der Waals surface area contributed by atoms with Gasteiger partial charge in [0.2, 0.25) is 0 Å². The zero-order valence-corrected chi connectivity index (χ0v) is 23.7. The van der Waals surface area contributed by atoms with Crippen molar-refractivity contribution in [3.05, 3.63) is 64.8 Å². The summed E-state index contributed by atoms with van der Waals surface area (Å²) in [7, 11) is 0. The number of carbonyl (C=O) groups excluding carboxylic acids is 1. The summed E-state index contributed by atoms with van der Waals surface area (Å²) in [5.41, 5.74) is 3.70. The second kappa shape index (κ2) is 11.1. The van der Waals surface area contributed by atoms with E-state index in [0.29, 0.717) is 30.5 Å². The van der Waals surface area contributed by atoms with Gasteiger partial charge in [0.1, 0.15) is 5.60 Å². The number of hydrogen-bond acceptors (Lipinski definition) is 6. The lowest BCUT2D eigenvalue weighted by Crippen LogP contribution is -2.49. The Balaban J connectivity index is 1.43. The fourth-order valence-electron chi connectivity index (χ4n) is 5.92. The van der Waals surface area contributed by atoms with E-state index in [0.717, 1.165) is 41.9 Å². The molecule has 0 radical (unpaired) electrons. The predicted octanol–water partition coefficient (Wildman–Crippen LogP) is 6.06. The highest BCUT2D eigenvalue weighted by atomic mass is 35.5. The molecule has 0 saturated carbocycles. The van der Waals surface area contributed by atoms with Crippen LogP contribution in [0.4, 0.5) is 4.79 Å². The van der Waals surface area contributed by atoms with Gasteiger partial charge >= 0.3 is 6.09 Å². The SMILES string of the molecule is CCOc1cc([C@H]2CN(Cc3cn[nH]c3-c3ccc(Cl)cc3)[C@@H]3CCN(C(=O)OC(C)(C)C)C[C@H]23)ccc1O. The summed E-state index contributed by atoms with van der Waals surface area (Å²) >= 11 is 6.12. The Hall–Kier alpha value is -3.23. The van der Waals surface area contributed by atoms with E-state index in [1.807, 2.05) is 75.2 Å². The highest BCUT2D eigenvalue weighted by Crippen LogP contribution is 2.44. The average molecular weight is 553 g/mol. The number of rotatable bonds is 6. The van der Waals surface area contributed by atoms with Gasteiger partial charge in [-0.05, 0) is 69.5 Å². The minimum Gasteiger partial charge on any atom is -0.504 e. The molecule has 2 aliphatic heterocycles. The molecule has 9 heteroatoms. The number of fused-ring (bicyclic) bond motifs is 1. The normalized spacial score (nSPS) is 21.6. The summed E-state index contributed by atoms with van der Waals surface area (Å²) in [5, 5.41) is 18.5. The molecule has 3 aromatic rings. The van der Waals surface area contributed by atoms with Gasteiger partial charge in [0.25, 0.3) is 0 Å². The third-order valence-corrected chi connectivity index (χ3v) is 7.88. The minimum absolute atomic E-state index is 0.136. The number of nitrogens with one attached hydrogen (secondary N) is 1. The number of aromatic amines is 1. The van der Waals surface area contributed by atoms with E-state index in [9.17, 15) is 9.90 Å². The smallest absolute Gasteiger partial charge is 0.410 e. The number of ether oxygens (including phenoxy) is 2. The molecule has 2 aliphatic rings. The van der Waals surface area contributed by atoms with Gasteiger partial charge < -0.3 is 19.5 Å². The van der Waals surface area contributed by atoms with E-state index >= 15 is 0 Å². The molecule has 0 bridgehead atoms. The first kappa shape index (κ1) is 27.3. The Bertz CT molecular complexity index is 1300. The topological polar surface area (TPSA) is 90.9 Å². The molecule has 1 amide bonds. The Morgan fingerprint density at radius 1 is 1.18 bits per heavy atom. The van der Waals surface area contributed by atoms with Gasteiger partial charge in [-0.3, -0.25) is 10.00 Å². The largest absolute Gasteiger partial charge is 0.504 e. The molecule has 208 valence electrons. The monoisotopic (exact) mass is 552 g/mol. The van der Waals surface area contributed by atoms with Gasteiger partial charge in [-0.15, -0.1) is 0 Å². The van der Waals surface area contributed by atoms with E-state index < -0.39 is 5.60 Å². The predicted molar refractivity (Wildman–Crippen MR) is 151 cm³/mol. The molecule has 2 saturated heterocycles. The van der Waals surface area contributed by atoms with Crippen molar-refractivity contribution in [2.75, 3.05) is 26.2 Å². The third kappa shape index (κ3) is 6.02. The zero-order valence-electron chi connectivity index (χ0n) is 23.0. The number of H-pyrrole nitrogens is 1. The third-order valence-electron chi connectivity index (χ3n) is 7.62. The molecule has 2 N–H and O–H groups in total. The van der Waals surface area contributed by atoms with Crippen molar-refractivity contribution >= 4 is 17.7 Å². The summed E-state index contributed by atoms with van der Waals surface area (Å²) in [5.74, 6) is 0.990. The van der Waals surface area contributed by atoms with E-state index in [-0.39, 0.29) is 29.7 Å². The van der Waals surface area contributed by atoms with Crippen molar-refractivity contribution in [2.24, 2.45) is 5.92 Å². The summed E-state index contributed by atoms with van der Waals surface area (Å²) in [4.78, 5) is 17.4. The Morgan fingerprint density at radius 3 is 2.67 bits per heavy atom. The van der Waals surface area contributed by atoms with Gasteiger partial charge in [-0.25, -0.2) is 4.79 Å². The standard InChI is InChI=1S/C30H37ClN4O4/c1-5-38-27-14-20(8-11-26(27)36)23-17-35(16-21-15-32-33-28(21)19-6-9-22(31)10-7-19)25-12-13-34(18-24(23)25)29(37)39-30(2,3)4/h6-11,14-15,23-25,36H,5,12-13,16-18H2,1-4H3,(H,32,33)/t23-,24-,25-/m1/s1. The molecular formula is C30H37ClN4O4. The highest BCUT2D eigenvalue weighted by Gasteiger charge is 2.46.